The normalized spacial score (nSPS) is 28.4. The summed E-state index contributed by atoms with van der Waals surface area (Å²) < 4.78 is 18.9. The summed E-state index contributed by atoms with van der Waals surface area (Å²) in [6, 6.07) is 0. The molecule has 0 saturated heterocycles. The molecule has 18 heavy (non-hydrogen) atoms. The van der Waals surface area contributed by atoms with Gasteiger partial charge >= 0.3 is 0 Å². The van der Waals surface area contributed by atoms with E-state index in [4.69, 9.17) is 27.9 Å². The summed E-state index contributed by atoms with van der Waals surface area (Å²) >= 11 is 11.4. The molecule has 0 N–H and O–H groups in total. The topological polar surface area (TPSA) is 35.0 Å². The van der Waals surface area contributed by atoms with E-state index in [2.05, 4.69) is 16.9 Å². The standard InChI is InChI=1S/C12H15Cl2FN2O/c1-7-3-5-12(18-2,6-4-7)11-16-9(13)8(15)10(14)17-11/h7H,3-6H2,1-2H3. The van der Waals surface area contributed by atoms with Gasteiger partial charge in [-0.05, 0) is 31.6 Å². The summed E-state index contributed by atoms with van der Waals surface area (Å²) in [4.78, 5) is 7.99. The summed E-state index contributed by atoms with van der Waals surface area (Å²) in [5, 5.41) is -0.500. The van der Waals surface area contributed by atoms with Crippen LogP contribution in [0.5, 0.6) is 0 Å². The zero-order chi connectivity index (χ0) is 13.3. The van der Waals surface area contributed by atoms with Crippen molar-refractivity contribution in [2.75, 3.05) is 7.11 Å². The summed E-state index contributed by atoms with van der Waals surface area (Å²) in [6.45, 7) is 2.20. The lowest BCUT2D eigenvalue weighted by Gasteiger charge is -2.36. The van der Waals surface area contributed by atoms with E-state index in [0.717, 1.165) is 25.7 Å². The van der Waals surface area contributed by atoms with Crippen LogP contribution in [-0.4, -0.2) is 17.1 Å². The Morgan fingerprint density at radius 3 is 2.17 bits per heavy atom. The van der Waals surface area contributed by atoms with Gasteiger partial charge in [0.2, 0.25) is 0 Å². The van der Waals surface area contributed by atoms with Crippen LogP contribution in [-0.2, 0) is 10.3 Å². The fraction of sp³-hybridized carbons (Fsp3) is 0.667. The maximum atomic E-state index is 13.3. The van der Waals surface area contributed by atoms with Crippen LogP contribution in [0.4, 0.5) is 4.39 Å². The molecule has 1 saturated carbocycles. The van der Waals surface area contributed by atoms with E-state index in [-0.39, 0.29) is 10.3 Å². The van der Waals surface area contributed by atoms with Gasteiger partial charge in [-0.3, -0.25) is 0 Å². The molecule has 100 valence electrons. The average molecular weight is 293 g/mol. The highest BCUT2D eigenvalue weighted by molar-refractivity contribution is 6.33. The molecule has 0 atom stereocenters. The Kier molecular flexibility index (Phi) is 4.09. The highest BCUT2D eigenvalue weighted by Gasteiger charge is 2.39. The minimum Gasteiger partial charge on any atom is -0.370 e. The number of methoxy groups -OCH3 is 1. The van der Waals surface area contributed by atoms with E-state index in [1.54, 1.807) is 7.11 Å². The Balaban J connectivity index is 2.39. The third kappa shape index (κ3) is 2.46. The van der Waals surface area contributed by atoms with Crippen molar-refractivity contribution in [3.05, 3.63) is 21.9 Å². The predicted molar refractivity (Wildman–Crippen MR) is 68.3 cm³/mol. The number of halogens is 3. The van der Waals surface area contributed by atoms with E-state index >= 15 is 0 Å². The van der Waals surface area contributed by atoms with E-state index in [9.17, 15) is 4.39 Å². The number of hydrogen-bond donors (Lipinski definition) is 0. The van der Waals surface area contributed by atoms with Gasteiger partial charge < -0.3 is 4.74 Å². The number of aromatic nitrogens is 2. The quantitative estimate of drug-likeness (QED) is 0.774. The van der Waals surface area contributed by atoms with Crippen LogP contribution in [0, 0.1) is 11.7 Å². The van der Waals surface area contributed by atoms with Crippen molar-refractivity contribution < 1.29 is 9.13 Å². The maximum Gasteiger partial charge on any atom is 0.197 e. The van der Waals surface area contributed by atoms with E-state index in [1.165, 1.54) is 0 Å². The molecule has 0 aromatic carbocycles. The van der Waals surface area contributed by atoms with Crippen molar-refractivity contribution in [2.24, 2.45) is 5.92 Å². The maximum absolute atomic E-state index is 13.3. The Morgan fingerprint density at radius 2 is 1.72 bits per heavy atom. The van der Waals surface area contributed by atoms with Gasteiger partial charge in [0, 0.05) is 7.11 Å². The zero-order valence-corrected chi connectivity index (χ0v) is 11.9. The highest BCUT2D eigenvalue weighted by atomic mass is 35.5. The number of rotatable bonds is 2. The molecule has 3 nitrogen and oxygen atoms in total. The van der Waals surface area contributed by atoms with E-state index < -0.39 is 11.4 Å². The molecule has 1 aromatic heterocycles. The van der Waals surface area contributed by atoms with Crippen molar-refractivity contribution in [3.63, 3.8) is 0 Å². The lowest BCUT2D eigenvalue weighted by molar-refractivity contribution is -0.0598. The van der Waals surface area contributed by atoms with Crippen LogP contribution in [0.25, 0.3) is 0 Å². The minimum atomic E-state index is -0.780. The molecule has 2 rings (SSSR count). The Morgan fingerprint density at radius 1 is 1.22 bits per heavy atom. The van der Waals surface area contributed by atoms with Crippen molar-refractivity contribution in [1.82, 2.24) is 9.97 Å². The molecule has 1 heterocycles. The van der Waals surface area contributed by atoms with Crippen LogP contribution in [0.1, 0.15) is 38.4 Å². The molecule has 0 radical (unpaired) electrons. The third-order valence-electron chi connectivity index (χ3n) is 3.65. The molecule has 1 aliphatic carbocycles. The molecule has 0 aliphatic heterocycles. The first-order valence-electron chi connectivity index (χ1n) is 5.92. The van der Waals surface area contributed by atoms with Crippen LogP contribution in [0.2, 0.25) is 10.3 Å². The van der Waals surface area contributed by atoms with Gasteiger partial charge in [0.15, 0.2) is 21.9 Å². The average Bonchev–Trinajstić information content (AvgIpc) is 2.37. The lowest BCUT2D eigenvalue weighted by atomic mass is 9.79. The summed E-state index contributed by atoms with van der Waals surface area (Å²) in [5.74, 6) is 0.255. The number of ether oxygens (including phenoxy) is 1. The largest absolute Gasteiger partial charge is 0.370 e. The predicted octanol–water partition coefficient (Wildman–Crippen LogP) is 3.97. The lowest BCUT2D eigenvalue weighted by Crippen LogP contribution is -2.35. The van der Waals surface area contributed by atoms with Crippen LogP contribution in [0.3, 0.4) is 0 Å². The Hall–Kier alpha value is -0.450. The Bertz CT molecular complexity index is 425. The van der Waals surface area contributed by atoms with Crippen molar-refractivity contribution >= 4 is 23.2 Å². The van der Waals surface area contributed by atoms with Gasteiger partial charge in [0.1, 0.15) is 5.60 Å². The van der Waals surface area contributed by atoms with Gasteiger partial charge in [-0.15, -0.1) is 0 Å². The first kappa shape index (κ1) is 14.0. The zero-order valence-electron chi connectivity index (χ0n) is 10.3. The smallest absolute Gasteiger partial charge is 0.197 e. The van der Waals surface area contributed by atoms with E-state index in [0.29, 0.717) is 11.7 Å². The first-order chi connectivity index (χ1) is 8.48. The molecular weight excluding hydrogens is 278 g/mol. The molecule has 1 fully saturated rings. The van der Waals surface area contributed by atoms with Crippen molar-refractivity contribution in [1.29, 1.82) is 0 Å². The second-order valence-corrected chi connectivity index (χ2v) is 5.54. The van der Waals surface area contributed by atoms with Gasteiger partial charge in [-0.25, -0.2) is 14.4 Å². The van der Waals surface area contributed by atoms with Crippen molar-refractivity contribution in [2.45, 2.75) is 38.2 Å². The van der Waals surface area contributed by atoms with Gasteiger partial charge in [0.25, 0.3) is 0 Å². The summed E-state index contributed by atoms with van der Waals surface area (Å²) in [7, 11) is 1.62. The molecule has 6 heteroatoms. The summed E-state index contributed by atoms with van der Waals surface area (Å²) in [5.41, 5.74) is -0.590. The fourth-order valence-corrected chi connectivity index (χ4v) is 2.73. The molecular formula is C12H15Cl2FN2O. The van der Waals surface area contributed by atoms with Crippen molar-refractivity contribution in [3.8, 4) is 0 Å². The third-order valence-corrected chi connectivity index (χ3v) is 4.15. The first-order valence-corrected chi connectivity index (χ1v) is 6.68. The number of nitrogens with zero attached hydrogens (tertiary/aromatic N) is 2. The highest BCUT2D eigenvalue weighted by Crippen LogP contribution is 2.41. The monoisotopic (exact) mass is 292 g/mol. The SMILES string of the molecule is COC1(c2nc(Cl)c(F)c(Cl)n2)CCC(C)CC1. The van der Waals surface area contributed by atoms with Gasteiger partial charge in [-0.2, -0.15) is 0 Å². The minimum absolute atomic E-state index is 0.250. The Labute approximate surface area is 116 Å². The molecule has 0 amide bonds. The number of hydrogen-bond acceptors (Lipinski definition) is 3. The molecule has 0 bridgehead atoms. The molecule has 0 spiro atoms. The van der Waals surface area contributed by atoms with E-state index in [1.807, 2.05) is 0 Å². The molecule has 0 unspecified atom stereocenters. The van der Waals surface area contributed by atoms with Crippen LogP contribution >= 0.6 is 23.2 Å². The molecule has 1 aliphatic rings. The van der Waals surface area contributed by atoms with Crippen LogP contribution < -0.4 is 0 Å². The van der Waals surface area contributed by atoms with Gasteiger partial charge in [0.05, 0.1) is 0 Å². The van der Waals surface area contributed by atoms with Gasteiger partial charge in [-0.1, -0.05) is 30.1 Å². The fourth-order valence-electron chi connectivity index (χ4n) is 2.35. The summed E-state index contributed by atoms with van der Waals surface area (Å²) in [6.07, 6.45) is 3.62. The van der Waals surface area contributed by atoms with Crippen LogP contribution in [0.15, 0.2) is 0 Å². The second-order valence-electron chi connectivity index (χ2n) is 4.82. The molecule has 1 aromatic rings. The second kappa shape index (κ2) is 5.27.